The van der Waals surface area contributed by atoms with Crippen molar-refractivity contribution in [2.24, 2.45) is 0 Å². The quantitative estimate of drug-likeness (QED) is 0.457. The van der Waals surface area contributed by atoms with E-state index >= 15 is 0 Å². The second-order valence-corrected chi connectivity index (χ2v) is 1.43. The molecule has 11 heavy (non-hydrogen) atoms. The Bertz CT molecular complexity index is 135. The molecule has 0 fully saturated rings. The molecule has 0 aliphatic heterocycles. The molecule has 1 atom stereocenters. The van der Waals surface area contributed by atoms with E-state index in [-0.39, 0.29) is 43.2 Å². The Morgan fingerprint density at radius 2 is 1.82 bits per heavy atom. The molecule has 0 saturated carbocycles. The van der Waals surface area contributed by atoms with Gasteiger partial charge in [-0.3, -0.25) is 4.79 Å². The van der Waals surface area contributed by atoms with Gasteiger partial charge in [0.1, 0.15) is 6.10 Å². The van der Waals surface area contributed by atoms with Gasteiger partial charge in [-0.25, -0.2) is 0 Å². The molecule has 0 aromatic heterocycles. The molecule has 7 heteroatoms. The Kier molecular flexibility index (Phi) is 12.9. The predicted octanol–water partition coefficient (Wildman–Crippen LogP) is -2.99. The van der Waals surface area contributed by atoms with Crippen molar-refractivity contribution < 1.29 is 30.4 Å². The molecule has 0 aliphatic carbocycles. The number of carboxylic acid groups (broad SMARTS) is 2. The van der Waals surface area contributed by atoms with Gasteiger partial charge in [-0.1, -0.05) is 0 Å². The standard InChI is InChI=1S/C4H6O5.Ca.H2O/c5-2(4(8)9)1-3(6)7;;/h2,5H,1H2,(H,6,7)(H,8,9);;1H2/q;+2;/p-2. The molecule has 60 valence electrons. The fourth-order valence-corrected chi connectivity index (χ4v) is 0.249. The van der Waals surface area contributed by atoms with E-state index < -0.39 is 24.5 Å². The van der Waals surface area contributed by atoms with Gasteiger partial charge in [-0.2, -0.15) is 0 Å². The van der Waals surface area contributed by atoms with E-state index in [1.165, 1.54) is 0 Å². The smallest absolute Gasteiger partial charge is 0.870 e. The van der Waals surface area contributed by atoms with Crippen LogP contribution in [0.5, 0.6) is 0 Å². The Morgan fingerprint density at radius 3 is 1.91 bits per heavy atom. The third-order valence-electron chi connectivity index (χ3n) is 0.640. The van der Waals surface area contributed by atoms with E-state index in [2.05, 4.69) is 0 Å². The topological polar surface area (TPSA) is 128 Å². The molecular weight excluding hydrogens is 184 g/mol. The van der Waals surface area contributed by atoms with Crippen LogP contribution in [0.1, 0.15) is 6.42 Å². The molecule has 1 unspecified atom stereocenters. The molecule has 0 aliphatic rings. The van der Waals surface area contributed by atoms with Crippen LogP contribution >= 0.6 is 0 Å². The van der Waals surface area contributed by atoms with Gasteiger partial charge >= 0.3 is 43.7 Å². The average Bonchev–Trinajstić information content (AvgIpc) is 1.63. The average molecular weight is 190 g/mol. The van der Waals surface area contributed by atoms with Crippen LogP contribution in [0.25, 0.3) is 0 Å². The molecule has 0 aromatic rings. The Hall–Kier alpha value is 0.120. The normalized spacial score (nSPS) is 10.3. The third-order valence-corrected chi connectivity index (χ3v) is 0.640. The minimum atomic E-state index is -1.90. The molecule has 0 amide bonds. The first-order valence-electron chi connectivity index (χ1n) is 2.14. The van der Waals surface area contributed by atoms with Crippen LogP contribution in [0, 0.1) is 0 Å². The summed E-state index contributed by atoms with van der Waals surface area (Å²) in [6.45, 7) is 0. The molecule has 0 rings (SSSR count). The van der Waals surface area contributed by atoms with Gasteiger partial charge in [0.15, 0.2) is 0 Å². The van der Waals surface area contributed by atoms with Crippen molar-refractivity contribution in [2.75, 3.05) is 0 Å². The second-order valence-electron chi connectivity index (χ2n) is 1.43. The van der Waals surface area contributed by atoms with Crippen molar-refractivity contribution >= 4 is 49.7 Å². The summed E-state index contributed by atoms with van der Waals surface area (Å²) in [5.41, 5.74) is 0. The number of aliphatic carboxylic acids is 2. The summed E-state index contributed by atoms with van der Waals surface area (Å²) in [4.78, 5) is 19.3. The van der Waals surface area contributed by atoms with Gasteiger partial charge in [0.05, 0.1) is 12.4 Å². The third kappa shape index (κ3) is 10.1. The van der Waals surface area contributed by atoms with Gasteiger partial charge in [0, 0.05) is 0 Å². The maximum absolute atomic E-state index is 9.66. The molecular formula is C4H6CaO6. The number of aliphatic hydroxyl groups excluding tert-OH is 1. The van der Waals surface area contributed by atoms with Crippen LogP contribution in [-0.4, -0.2) is 71.5 Å². The minimum Gasteiger partial charge on any atom is -0.870 e. The largest absolute Gasteiger partial charge is 2.00 e. The van der Waals surface area contributed by atoms with Gasteiger partial charge in [-0.15, -0.1) is 0 Å². The molecule has 0 saturated heterocycles. The Labute approximate surface area is 92.1 Å². The van der Waals surface area contributed by atoms with Crippen LogP contribution in [-0.2, 0) is 9.59 Å². The van der Waals surface area contributed by atoms with E-state index in [0.717, 1.165) is 0 Å². The number of hydrogen-bond donors (Lipinski definition) is 2. The van der Waals surface area contributed by atoms with E-state index in [1.807, 2.05) is 0 Å². The second kappa shape index (κ2) is 8.22. The SMILES string of the molecule is O=C(O)CC(O)C(=O)[O-].[Ca+2].[OH-]. The summed E-state index contributed by atoms with van der Waals surface area (Å²) in [5, 5.41) is 25.7. The zero-order valence-electron chi connectivity index (χ0n) is 5.56. The van der Waals surface area contributed by atoms with E-state index in [0.29, 0.717) is 0 Å². The van der Waals surface area contributed by atoms with E-state index in [1.54, 1.807) is 0 Å². The maximum Gasteiger partial charge on any atom is 2.00 e. The Balaban J connectivity index is -0.000000320. The van der Waals surface area contributed by atoms with Gasteiger partial charge < -0.3 is 25.6 Å². The number of hydrogen-bond acceptors (Lipinski definition) is 5. The van der Waals surface area contributed by atoms with Crippen molar-refractivity contribution in [1.82, 2.24) is 0 Å². The van der Waals surface area contributed by atoms with Crippen molar-refractivity contribution in [3.8, 4) is 0 Å². The first-order valence-corrected chi connectivity index (χ1v) is 2.14. The molecule has 0 bridgehead atoms. The number of aliphatic hydroxyl groups is 1. The summed E-state index contributed by atoms with van der Waals surface area (Å²) in [5.74, 6) is -3.14. The molecule has 3 N–H and O–H groups in total. The monoisotopic (exact) mass is 190 g/mol. The summed E-state index contributed by atoms with van der Waals surface area (Å²) < 4.78 is 0. The summed E-state index contributed by atoms with van der Waals surface area (Å²) in [6.07, 6.45) is -2.72. The minimum absolute atomic E-state index is 0. The fourth-order valence-electron chi connectivity index (χ4n) is 0.249. The van der Waals surface area contributed by atoms with E-state index in [9.17, 15) is 14.7 Å². The van der Waals surface area contributed by atoms with Crippen LogP contribution < -0.4 is 5.11 Å². The summed E-state index contributed by atoms with van der Waals surface area (Å²) >= 11 is 0. The van der Waals surface area contributed by atoms with Crippen molar-refractivity contribution in [3.63, 3.8) is 0 Å². The molecule has 0 radical (unpaired) electrons. The van der Waals surface area contributed by atoms with Crippen LogP contribution in [0.2, 0.25) is 0 Å². The maximum atomic E-state index is 9.66. The number of carbonyl (C=O) groups excluding carboxylic acids is 1. The van der Waals surface area contributed by atoms with Gasteiger partial charge in [-0.05, 0) is 0 Å². The molecule has 0 heterocycles. The van der Waals surface area contributed by atoms with Crippen LogP contribution in [0.15, 0.2) is 0 Å². The van der Waals surface area contributed by atoms with Crippen LogP contribution in [0.4, 0.5) is 0 Å². The van der Waals surface area contributed by atoms with E-state index in [4.69, 9.17) is 10.2 Å². The molecule has 6 nitrogen and oxygen atoms in total. The van der Waals surface area contributed by atoms with Crippen molar-refractivity contribution in [3.05, 3.63) is 0 Å². The zero-order chi connectivity index (χ0) is 7.44. The van der Waals surface area contributed by atoms with Crippen molar-refractivity contribution in [1.29, 1.82) is 0 Å². The number of carbonyl (C=O) groups is 2. The van der Waals surface area contributed by atoms with Gasteiger partial charge in [0.2, 0.25) is 0 Å². The molecule has 0 spiro atoms. The zero-order valence-corrected chi connectivity index (χ0v) is 7.77. The number of rotatable bonds is 3. The fraction of sp³-hybridized carbons (Fsp3) is 0.500. The predicted molar refractivity (Wildman–Crippen MR) is 31.0 cm³/mol. The van der Waals surface area contributed by atoms with Crippen molar-refractivity contribution in [2.45, 2.75) is 12.5 Å². The number of carboxylic acids is 2. The Morgan fingerprint density at radius 1 is 1.45 bits per heavy atom. The first kappa shape index (κ1) is 17.3. The summed E-state index contributed by atoms with van der Waals surface area (Å²) in [6, 6.07) is 0. The first-order chi connectivity index (χ1) is 4.04. The molecule has 0 aromatic carbocycles. The summed E-state index contributed by atoms with van der Waals surface area (Å²) in [7, 11) is 0. The van der Waals surface area contributed by atoms with Crippen LogP contribution in [0.3, 0.4) is 0 Å². The van der Waals surface area contributed by atoms with Gasteiger partial charge in [0.25, 0.3) is 0 Å².